The van der Waals surface area contributed by atoms with Gasteiger partial charge in [0.15, 0.2) is 0 Å². The molecule has 2 aromatic rings. The second kappa shape index (κ2) is 7.84. The second-order valence-corrected chi connectivity index (χ2v) is 6.19. The van der Waals surface area contributed by atoms with Crippen molar-refractivity contribution >= 4 is 5.69 Å². The molecule has 0 unspecified atom stereocenters. The Balaban J connectivity index is 1.61. The zero-order valence-corrected chi connectivity index (χ0v) is 15.0. The van der Waals surface area contributed by atoms with Crippen molar-refractivity contribution in [3.63, 3.8) is 0 Å². The molecular weight excluding hydrogens is 323 g/mol. The average Bonchev–Trinajstić information content (AvgIpc) is 2.88. The van der Waals surface area contributed by atoms with Gasteiger partial charge in [-0.05, 0) is 24.6 Å². The molecule has 2 heterocycles. The number of anilines is 1. The quantitative estimate of drug-likeness (QED) is 0.865. The predicted octanol–water partition coefficient (Wildman–Crippen LogP) is 2.00. The predicted molar refractivity (Wildman–Crippen MR) is 94.5 cm³/mol. The maximum absolute atomic E-state index is 14.4. The number of nitrogens with zero attached hydrogens (tertiary/aromatic N) is 3. The molecule has 0 bridgehead atoms. The van der Waals surface area contributed by atoms with Gasteiger partial charge in [0.2, 0.25) is 5.88 Å². The van der Waals surface area contributed by atoms with Gasteiger partial charge in [-0.2, -0.15) is 5.10 Å². The van der Waals surface area contributed by atoms with E-state index in [1.165, 1.54) is 0 Å². The molecule has 25 heavy (non-hydrogen) atoms. The minimum atomic E-state index is -0.184. The van der Waals surface area contributed by atoms with E-state index in [1.54, 1.807) is 17.9 Å². The number of methoxy groups -OCH3 is 1. The minimum Gasteiger partial charge on any atom is -0.481 e. The van der Waals surface area contributed by atoms with E-state index in [-0.39, 0.29) is 5.82 Å². The van der Waals surface area contributed by atoms with Gasteiger partial charge < -0.3 is 19.7 Å². The maximum Gasteiger partial charge on any atom is 0.216 e. The molecule has 0 amide bonds. The van der Waals surface area contributed by atoms with Gasteiger partial charge in [0.25, 0.3) is 0 Å². The van der Waals surface area contributed by atoms with Gasteiger partial charge in [-0.1, -0.05) is 6.07 Å². The highest BCUT2D eigenvalue weighted by molar-refractivity contribution is 5.49. The van der Waals surface area contributed by atoms with Crippen LogP contribution in [0.4, 0.5) is 10.1 Å². The monoisotopic (exact) mass is 348 g/mol. The van der Waals surface area contributed by atoms with Gasteiger partial charge in [0, 0.05) is 33.2 Å². The van der Waals surface area contributed by atoms with Crippen molar-refractivity contribution in [2.24, 2.45) is 7.05 Å². The maximum atomic E-state index is 14.4. The molecule has 136 valence electrons. The largest absolute Gasteiger partial charge is 0.481 e. The molecule has 7 heteroatoms. The molecule has 1 saturated heterocycles. The molecule has 1 aliphatic heterocycles. The summed E-state index contributed by atoms with van der Waals surface area (Å²) in [6, 6.07) is 5.42. The van der Waals surface area contributed by atoms with Crippen LogP contribution in [-0.2, 0) is 24.9 Å². The number of rotatable bonds is 6. The molecule has 0 aliphatic carbocycles. The van der Waals surface area contributed by atoms with Gasteiger partial charge in [0.05, 0.1) is 37.3 Å². The molecule has 0 saturated carbocycles. The van der Waals surface area contributed by atoms with E-state index in [4.69, 9.17) is 9.47 Å². The molecule has 1 N–H and O–H groups in total. The smallest absolute Gasteiger partial charge is 0.216 e. The fourth-order valence-corrected chi connectivity index (χ4v) is 3.19. The number of ether oxygens (including phenoxy) is 2. The third-order valence-corrected chi connectivity index (χ3v) is 4.48. The fraction of sp³-hybridized carbons (Fsp3) is 0.500. The van der Waals surface area contributed by atoms with Crippen LogP contribution in [0.3, 0.4) is 0 Å². The summed E-state index contributed by atoms with van der Waals surface area (Å²) in [7, 11) is 3.49. The molecule has 0 atom stereocenters. The Morgan fingerprint density at radius 3 is 2.72 bits per heavy atom. The van der Waals surface area contributed by atoms with Crippen LogP contribution >= 0.6 is 0 Å². The standard InChI is InChI=1S/C18H25FN4O2/c1-13-15(18(24-3)22(2)21-13)12-20-11-14-4-5-17(16(19)10-14)23-6-8-25-9-7-23/h4-5,10,20H,6-9,11-12H2,1-3H3. The van der Waals surface area contributed by atoms with Crippen LogP contribution in [0.5, 0.6) is 5.88 Å². The van der Waals surface area contributed by atoms with Crippen LogP contribution in [0.2, 0.25) is 0 Å². The van der Waals surface area contributed by atoms with E-state index in [1.807, 2.05) is 31.0 Å². The third-order valence-electron chi connectivity index (χ3n) is 4.48. The summed E-state index contributed by atoms with van der Waals surface area (Å²) in [6.45, 7) is 5.91. The van der Waals surface area contributed by atoms with Gasteiger partial charge in [0.1, 0.15) is 5.82 Å². The first-order chi connectivity index (χ1) is 12.1. The summed E-state index contributed by atoms with van der Waals surface area (Å²) in [5.41, 5.74) is 3.52. The Morgan fingerprint density at radius 2 is 2.04 bits per heavy atom. The number of hydrogen-bond acceptors (Lipinski definition) is 5. The Bertz CT molecular complexity index is 726. The summed E-state index contributed by atoms with van der Waals surface area (Å²) in [5.74, 6) is 0.565. The van der Waals surface area contributed by atoms with Gasteiger partial charge in [-0.3, -0.25) is 0 Å². The van der Waals surface area contributed by atoms with E-state index in [0.29, 0.717) is 32.0 Å². The SMILES string of the molecule is COc1c(CNCc2ccc(N3CCOCC3)c(F)c2)c(C)nn1C. The number of halogens is 1. The number of nitrogens with one attached hydrogen (secondary N) is 1. The number of hydrogen-bond donors (Lipinski definition) is 1. The number of aromatic nitrogens is 2. The Labute approximate surface area is 147 Å². The van der Waals surface area contributed by atoms with Gasteiger partial charge >= 0.3 is 0 Å². The topological polar surface area (TPSA) is 51.6 Å². The average molecular weight is 348 g/mol. The van der Waals surface area contributed by atoms with Crippen molar-refractivity contribution in [3.8, 4) is 5.88 Å². The third kappa shape index (κ3) is 3.93. The van der Waals surface area contributed by atoms with E-state index in [0.717, 1.165) is 35.8 Å². The van der Waals surface area contributed by atoms with Crippen molar-refractivity contribution in [2.75, 3.05) is 38.3 Å². The molecule has 3 rings (SSSR count). The van der Waals surface area contributed by atoms with E-state index in [9.17, 15) is 4.39 Å². The zero-order chi connectivity index (χ0) is 17.8. The fourth-order valence-electron chi connectivity index (χ4n) is 3.19. The van der Waals surface area contributed by atoms with Crippen molar-refractivity contribution in [3.05, 3.63) is 40.8 Å². The van der Waals surface area contributed by atoms with Crippen molar-refractivity contribution in [1.82, 2.24) is 15.1 Å². The van der Waals surface area contributed by atoms with Crippen LogP contribution in [0.1, 0.15) is 16.8 Å². The summed E-state index contributed by atoms with van der Waals surface area (Å²) < 4.78 is 26.9. The van der Waals surface area contributed by atoms with Crippen LogP contribution in [-0.4, -0.2) is 43.2 Å². The molecule has 1 aromatic heterocycles. The minimum absolute atomic E-state index is 0.184. The second-order valence-electron chi connectivity index (χ2n) is 6.19. The Morgan fingerprint density at radius 1 is 1.28 bits per heavy atom. The summed E-state index contributed by atoms with van der Waals surface area (Å²) in [6.07, 6.45) is 0. The van der Waals surface area contributed by atoms with Crippen molar-refractivity contribution in [2.45, 2.75) is 20.0 Å². The first kappa shape index (κ1) is 17.7. The van der Waals surface area contributed by atoms with Crippen LogP contribution in [0, 0.1) is 12.7 Å². The summed E-state index contributed by atoms with van der Waals surface area (Å²) >= 11 is 0. The first-order valence-corrected chi connectivity index (χ1v) is 8.48. The molecule has 0 spiro atoms. The summed E-state index contributed by atoms with van der Waals surface area (Å²) in [4.78, 5) is 2.03. The van der Waals surface area contributed by atoms with E-state index in [2.05, 4.69) is 10.4 Å². The zero-order valence-electron chi connectivity index (χ0n) is 15.0. The molecular formula is C18H25FN4O2. The highest BCUT2D eigenvalue weighted by atomic mass is 19.1. The molecule has 1 fully saturated rings. The molecule has 6 nitrogen and oxygen atoms in total. The Hall–Kier alpha value is -2.12. The highest BCUT2D eigenvalue weighted by Gasteiger charge is 2.16. The van der Waals surface area contributed by atoms with Crippen molar-refractivity contribution in [1.29, 1.82) is 0 Å². The van der Waals surface area contributed by atoms with Gasteiger partial charge in [-0.15, -0.1) is 0 Å². The Kier molecular flexibility index (Phi) is 5.55. The highest BCUT2D eigenvalue weighted by Crippen LogP contribution is 2.23. The van der Waals surface area contributed by atoms with Crippen molar-refractivity contribution < 1.29 is 13.9 Å². The lowest BCUT2D eigenvalue weighted by Crippen LogP contribution is -2.36. The normalized spacial score (nSPS) is 14.8. The molecule has 0 radical (unpaired) electrons. The lowest BCUT2D eigenvalue weighted by Gasteiger charge is -2.29. The van der Waals surface area contributed by atoms with E-state index >= 15 is 0 Å². The van der Waals surface area contributed by atoms with Crippen LogP contribution in [0.25, 0.3) is 0 Å². The number of morpholine rings is 1. The lowest BCUT2D eigenvalue weighted by molar-refractivity contribution is 0.122. The van der Waals surface area contributed by atoms with E-state index < -0.39 is 0 Å². The molecule has 1 aliphatic rings. The van der Waals surface area contributed by atoms with Crippen LogP contribution in [0.15, 0.2) is 18.2 Å². The van der Waals surface area contributed by atoms with Crippen LogP contribution < -0.4 is 15.0 Å². The van der Waals surface area contributed by atoms with Gasteiger partial charge in [-0.25, -0.2) is 9.07 Å². The number of aryl methyl sites for hydroxylation is 2. The lowest BCUT2D eigenvalue weighted by atomic mass is 10.1. The first-order valence-electron chi connectivity index (χ1n) is 8.48. The summed E-state index contributed by atoms with van der Waals surface area (Å²) in [5, 5.41) is 7.70. The molecule has 1 aromatic carbocycles. The number of benzene rings is 1.